The lowest BCUT2D eigenvalue weighted by molar-refractivity contribution is -0.123. The summed E-state index contributed by atoms with van der Waals surface area (Å²) in [6, 6.07) is 3.53. The number of likely N-dealkylation sites (tertiary alicyclic amines) is 1. The van der Waals surface area contributed by atoms with E-state index in [-0.39, 0.29) is 29.8 Å². The number of ether oxygens (including phenoxy) is 1. The minimum absolute atomic E-state index is 0.00204. The topological polar surface area (TPSA) is 62.7 Å². The maximum Gasteiger partial charge on any atom is 0.411 e. The van der Waals surface area contributed by atoms with Gasteiger partial charge in [-0.15, -0.1) is 0 Å². The molecule has 174 valence electrons. The summed E-state index contributed by atoms with van der Waals surface area (Å²) in [5.41, 5.74) is 1.13. The quantitative estimate of drug-likeness (QED) is 0.473. The van der Waals surface area contributed by atoms with Crippen LogP contribution in [0.4, 0.5) is 4.79 Å². The van der Waals surface area contributed by atoms with Crippen molar-refractivity contribution in [2.75, 3.05) is 20.1 Å². The molecule has 6 nitrogen and oxygen atoms in total. The molecule has 1 aromatic heterocycles. The standard InChI is InChI=1S/C25H34BrN3O3/c1-24(2,3)32-23(31)29-19-14-25(15-21(25)29)16-28(4)12-8-6-5-7-9-17-10-11-22(26)27-18(17)13-20(19)30/h7,9-11,19,21H,5-6,8,12-16H2,1-4H3/t19-,21+,25-/m0/s1. The van der Waals surface area contributed by atoms with Crippen molar-refractivity contribution in [3.05, 3.63) is 34.1 Å². The molecule has 1 saturated heterocycles. The summed E-state index contributed by atoms with van der Waals surface area (Å²) in [4.78, 5) is 35.5. The van der Waals surface area contributed by atoms with E-state index >= 15 is 0 Å². The molecule has 4 rings (SSSR count). The fourth-order valence-corrected chi connectivity index (χ4v) is 5.59. The molecule has 1 spiro atoms. The van der Waals surface area contributed by atoms with Crippen LogP contribution < -0.4 is 0 Å². The van der Waals surface area contributed by atoms with Crippen LogP contribution in [0, 0.1) is 5.41 Å². The Bertz CT molecular complexity index is 925. The highest BCUT2D eigenvalue weighted by atomic mass is 79.9. The van der Waals surface area contributed by atoms with Crippen LogP contribution >= 0.6 is 15.9 Å². The van der Waals surface area contributed by atoms with Gasteiger partial charge in [-0.3, -0.25) is 9.69 Å². The van der Waals surface area contributed by atoms with Crippen molar-refractivity contribution < 1.29 is 14.3 Å². The first-order valence-corrected chi connectivity index (χ1v) is 12.4. The number of amides is 1. The molecule has 0 unspecified atom stereocenters. The van der Waals surface area contributed by atoms with E-state index in [0.29, 0.717) is 11.0 Å². The third kappa shape index (κ3) is 5.09. The maximum atomic E-state index is 13.6. The van der Waals surface area contributed by atoms with Gasteiger partial charge in [0, 0.05) is 18.0 Å². The normalized spacial score (nSPS) is 29.0. The second-order valence-electron chi connectivity index (χ2n) is 10.6. The molecule has 2 aliphatic heterocycles. The smallest absolute Gasteiger partial charge is 0.411 e. The zero-order valence-corrected chi connectivity index (χ0v) is 21.2. The summed E-state index contributed by atoms with van der Waals surface area (Å²) in [5, 5.41) is 0. The summed E-state index contributed by atoms with van der Waals surface area (Å²) in [6.45, 7) is 7.55. The molecule has 2 bridgehead atoms. The van der Waals surface area contributed by atoms with Crippen LogP contribution in [0.15, 0.2) is 22.8 Å². The lowest BCUT2D eigenvalue weighted by Gasteiger charge is -2.30. The average molecular weight is 504 g/mol. The van der Waals surface area contributed by atoms with Gasteiger partial charge in [0.2, 0.25) is 0 Å². The first kappa shape index (κ1) is 23.4. The molecule has 32 heavy (non-hydrogen) atoms. The predicted octanol–water partition coefficient (Wildman–Crippen LogP) is 4.85. The molecule has 1 amide bonds. The van der Waals surface area contributed by atoms with Crippen LogP contribution in [0.2, 0.25) is 0 Å². The number of allylic oxidation sites excluding steroid dienone is 1. The van der Waals surface area contributed by atoms with Crippen LogP contribution in [0.25, 0.3) is 6.08 Å². The van der Waals surface area contributed by atoms with Crippen LogP contribution in [0.1, 0.15) is 64.1 Å². The highest BCUT2D eigenvalue weighted by molar-refractivity contribution is 9.10. The van der Waals surface area contributed by atoms with Gasteiger partial charge in [-0.25, -0.2) is 9.78 Å². The van der Waals surface area contributed by atoms with Crippen molar-refractivity contribution in [1.29, 1.82) is 0 Å². The van der Waals surface area contributed by atoms with Crippen molar-refractivity contribution >= 4 is 33.9 Å². The number of carbonyl (C=O) groups excluding carboxylic acids is 2. The Kier molecular flexibility index (Phi) is 6.52. The van der Waals surface area contributed by atoms with Crippen molar-refractivity contribution in [3.8, 4) is 0 Å². The van der Waals surface area contributed by atoms with Gasteiger partial charge in [0.15, 0.2) is 5.78 Å². The Hall–Kier alpha value is -1.73. The van der Waals surface area contributed by atoms with Crippen molar-refractivity contribution in [2.45, 2.75) is 77.0 Å². The molecule has 0 N–H and O–H groups in total. The van der Waals surface area contributed by atoms with Crippen LogP contribution in [-0.2, 0) is 16.0 Å². The third-order valence-corrected chi connectivity index (χ3v) is 7.20. The van der Waals surface area contributed by atoms with Gasteiger partial charge in [-0.05, 0) is 94.0 Å². The number of Topliss-reactive ketones (excluding diaryl/α,β-unsaturated/α-hetero) is 1. The number of fused-ring (bicyclic) bond motifs is 2. The van der Waals surface area contributed by atoms with Crippen molar-refractivity contribution in [2.24, 2.45) is 5.41 Å². The Labute approximate surface area is 199 Å². The first-order chi connectivity index (χ1) is 15.1. The summed E-state index contributed by atoms with van der Waals surface area (Å²) < 4.78 is 6.44. The number of halogens is 1. The van der Waals surface area contributed by atoms with Gasteiger partial charge in [0.25, 0.3) is 0 Å². The number of piperidine rings is 1. The van der Waals surface area contributed by atoms with Crippen LogP contribution in [0.3, 0.4) is 0 Å². The summed E-state index contributed by atoms with van der Waals surface area (Å²) in [7, 11) is 2.16. The lowest BCUT2D eigenvalue weighted by Crippen LogP contribution is -2.46. The zero-order valence-electron chi connectivity index (χ0n) is 19.6. The van der Waals surface area contributed by atoms with E-state index in [0.717, 1.165) is 50.0 Å². The molecule has 1 saturated carbocycles. The number of carbonyl (C=O) groups is 2. The van der Waals surface area contributed by atoms with E-state index < -0.39 is 11.6 Å². The Morgan fingerprint density at radius 1 is 1.25 bits per heavy atom. The summed E-state index contributed by atoms with van der Waals surface area (Å²) in [6.07, 6.45) is 9.01. The summed E-state index contributed by atoms with van der Waals surface area (Å²) in [5.74, 6) is 0.0419. The number of hydrogen-bond acceptors (Lipinski definition) is 5. The van der Waals surface area contributed by atoms with Gasteiger partial charge in [-0.2, -0.15) is 0 Å². The van der Waals surface area contributed by atoms with Gasteiger partial charge < -0.3 is 9.64 Å². The van der Waals surface area contributed by atoms with Crippen molar-refractivity contribution in [3.63, 3.8) is 0 Å². The number of pyridine rings is 1. The molecule has 0 aromatic carbocycles. The number of ketones is 1. The summed E-state index contributed by atoms with van der Waals surface area (Å²) >= 11 is 3.45. The van der Waals surface area contributed by atoms with Gasteiger partial charge >= 0.3 is 6.09 Å². The fourth-order valence-electron chi connectivity index (χ4n) is 5.24. The zero-order chi connectivity index (χ0) is 23.1. The SMILES string of the molecule is CN1CCCCC=Cc2ccc(Br)nc2CC(=O)[C@@H]2C[C@]3(C[C@H]3N2C(=O)OC(C)(C)C)C1. The van der Waals surface area contributed by atoms with Gasteiger partial charge in [0.05, 0.1) is 18.2 Å². The van der Waals surface area contributed by atoms with Crippen LogP contribution in [-0.4, -0.2) is 64.5 Å². The number of rotatable bonds is 0. The fraction of sp³-hybridized carbons (Fsp3) is 0.640. The molecule has 1 aromatic rings. The van der Waals surface area contributed by atoms with Crippen LogP contribution in [0.5, 0.6) is 0 Å². The molecule has 1 aliphatic carbocycles. The minimum Gasteiger partial charge on any atom is -0.444 e. The second kappa shape index (κ2) is 8.90. The minimum atomic E-state index is -0.595. The van der Waals surface area contributed by atoms with E-state index in [1.165, 1.54) is 0 Å². The Morgan fingerprint density at radius 3 is 2.78 bits per heavy atom. The molecule has 0 radical (unpaired) electrons. The Balaban J connectivity index is 1.65. The predicted molar refractivity (Wildman–Crippen MR) is 128 cm³/mol. The second-order valence-corrected chi connectivity index (χ2v) is 11.5. The number of hydrogen-bond donors (Lipinski definition) is 0. The third-order valence-electron chi connectivity index (χ3n) is 6.75. The molecule has 3 heterocycles. The van der Waals surface area contributed by atoms with E-state index in [9.17, 15) is 9.59 Å². The van der Waals surface area contributed by atoms with Gasteiger partial charge in [0.1, 0.15) is 10.2 Å². The molecule has 2 fully saturated rings. The lowest BCUT2D eigenvalue weighted by atomic mass is 9.94. The van der Waals surface area contributed by atoms with E-state index in [1.807, 2.05) is 32.9 Å². The maximum absolute atomic E-state index is 13.6. The Morgan fingerprint density at radius 2 is 2.03 bits per heavy atom. The number of nitrogens with zero attached hydrogens (tertiary/aromatic N) is 3. The van der Waals surface area contributed by atoms with E-state index in [2.05, 4.69) is 45.0 Å². The van der Waals surface area contributed by atoms with E-state index in [4.69, 9.17) is 4.74 Å². The molecule has 3 aliphatic rings. The average Bonchev–Trinajstić information content (AvgIpc) is 3.26. The molecule has 3 atom stereocenters. The van der Waals surface area contributed by atoms with Crippen molar-refractivity contribution in [1.82, 2.24) is 14.8 Å². The largest absolute Gasteiger partial charge is 0.444 e. The molecule has 7 heteroatoms. The highest BCUT2D eigenvalue weighted by Gasteiger charge is 2.67. The molecular formula is C25H34BrN3O3. The monoisotopic (exact) mass is 503 g/mol. The molecular weight excluding hydrogens is 470 g/mol. The van der Waals surface area contributed by atoms with Gasteiger partial charge in [-0.1, -0.05) is 18.2 Å². The number of aromatic nitrogens is 1. The highest BCUT2D eigenvalue weighted by Crippen LogP contribution is 2.60. The first-order valence-electron chi connectivity index (χ1n) is 11.6. The van der Waals surface area contributed by atoms with E-state index in [1.54, 1.807) is 4.90 Å².